The van der Waals surface area contributed by atoms with Gasteiger partial charge in [0.15, 0.2) is 0 Å². The molecular weight excluding hydrogens is 160 g/mol. The van der Waals surface area contributed by atoms with Gasteiger partial charge < -0.3 is 0 Å². The number of pyridine rings is 2. The molecule has 1 aliphatic rings. The van der Waals surface area contributed by atoms with Gasteiger partial charge >= 0.3 is 0 Å². The van der Waals surface area contributed by atoms with E-state index in [2.05, 4.69) is 34.2 Å². The van der Waals surface area contributed by atoms with E-state index in [-0.39, 0.29) is 0 Å². The highest BCUT2D eigenvalue weighted by Crippen LogP contribution is 2.22. The molecule has 0 spiro atoms. The van der Waals surface area contributed by atoms with Gasteiger partial charge in [-0.3, -0.25) is 9.97 Å². The first-order chi connectivity index (χ1) is 6.42. The summed E-state index contributed by atoms with van der Waals surface area (Å²) >= 11 is 0. The van der Waals surface area contributed by atoms with Crippen molar-refractivity contribution >= 4 is 0 Å². The Morgan fingerprint density at radius 2 is 1.38 bits per heavy atom. The quantitative estimate of drug-likeness (QED) is 0.513. The summed E-state index contributed by atoms with van der Waals surface area (Å²) in [6, 6.07) is 8.32. The van der Waals surface area contributed by atoms with Gasteiger partial charge in [-0.15, -0.1) is 0 Å². The molecule has 2 heteroatoms. The zero-order valence-corrected chi connectivity index (χ0v) is 7.07. The zero-order valence-electron chi connectivity index (χ0n) is 7.07. The topological polar surface area (TPSA) is 25.8 Å². The molecule has 62 valence electrons. The molecule has 2 aromatic rings. The van der Waals surface area contributed by atoms with E-state index in [4.69, 9.17) is 0 Å². The van der Waals surface area contributed by atoms with Crippen molar-refractivity contribution in [2.45, 2.75) is 6.42 Å². The van der Waals surface area contributed by atoms with Crippen LogP contribution in [-0.2, 0) is 6.42 Å². The Labute approximate surface area is 76.3 Å². The van der Waals surface area contributed by atoms with Gasteiger partial charge in [0.2, 0.25) is 0 Å². The van der Waals surface area contributed by atoms with E-state index < -0.39 is 0 Å². The van der Waals surface area contributed by atoms with Crippen molar-refractivity contribution in [1.29, 1.82) is 0 Å². The van der Waals surface area contributed by atoms with E-state index in [1.165, 1.54) is 11.1 Å². The molecule has 0 aliphatic heterocycles. The van der Waals surface area contributed by atoms with Crippen LogP contribution in [0.3, 0.4) is 0 Å². The molecule has 0 radical (unpaired) electrons. The number of nitrogens with zero attached hydrogens (tertiary/aromatic N) is 2. The molecule has 2 aromatic heterocycles. The second kappa shape index (κ2) is 2.39. The van der Waals surface area contributed by atoms with Crippen LogP contribution in [0.5, 0.6) is 0 Å². The van der Waals surface area contributed by atoms with Crippen molar-refractivity contribution in [2.75, 3.05) is 0 Å². The van der Waals surface area contributed by atoms with Crippen LogP contribution < -0.4 is 0 Å². The summed E-state index contributed by atoms with van der Waals surface area (Å²) < 4.78 is 0. The summed E-state index contributed by atoms with van der Waals surface area (Å²) in [4.78, 5) is 8.56. The predicted octanol–water partition coefficient (Wildman–Crippen LogP) is 2.05. The SMILES string of the molecule is c1cc2cc(n1)-c1cc(ccn1)C2. The van der Waals surface area contributed by atoms with Crippen molar-refractivity contribution in [3.63, 3.8) is 0 Å². The molecule has 4 bridgehead atoms. The predicted molar refractivity (Wildman–Crippen MR) is 50.3 cm³/mol. The minimum Gasteiger partial charge on any atom is -0.255 e. The molecule has 13 heavy (non-hydrogen) atoms. The lowest BCUT2D eigenvalue weighted by Gasteiger charge is -1.96. The van der Waals surface area contributed by atoms with Gasteiger partial charge in [0.05, 0.1) is 11.4 Å². The van der Waals surface area contributed by atoms with Gasteiger partial charge in [-0.2, -0.15) is 0 Å². The van der Waals surface area contributed by atoms with Gasteiger partial charge in [-0.1, -0.05) is 0 Å². The van der Waals surface area contributed by atoms with Crippen LogP contribution in [0.4, 0.5) is 0 Å². The maximum absolute atomic E-state index is 4.28. The number of aromatic nitrogens is 2. The largest absolute Gasteiger partial charge is 0.255 e. The molecule has 0 saturated heterocycles. The highest BCUT2D eigenvalue weighted by atomic mass is 14.8. The monoisotopic (exact) mass is 168 g/mol. The molecule has 2 heterocycles. The van der Waals surface area contributed by atoms with E-state index in [0.717, 1.165) is 17.8 Å². The number of fused-ring (bicyclic) bond motifs is 5. The van der Waals surface area contributed by atoms with E-state index in [0.29, 0.717) is 0 Å². The van der Waals surface area contributed by atoms with E-state index in [1.54, 1.807) is 0 Å². The highest BCUT2D eigenvalue weighted by Gasteiger charge is 2.08. The van der Waals surface area contributed by atoms with Gasteiger partial charge in [0.1, 0.15) is 0 Å². The standard InChI is InChI=1S/C11H8N2/c1-3-12-10-6-8(1)5-9-2-4-13-11(10)7-9/h1-4,6-7H,5H2. The lowest BCUT2D eigenvalue weighted by molar-refractivity contribution is 1.19. The van der Waals surface area contributed by atoms with Gasteiger partial charge in [-0.05, 0) is 41.8 Å². The molecule has 0 amide bonds. The minimum atomic E-state index is 0.983. The third kappa shape index (κ3) is 1.03. The van der Waals surface area contributed by atoms with Crippen LogP contribution >= 0.6 is 0 Å². The smallest absolute Gasteiger partial charge is 0.0889 e. The van der Waals surface area contributed by atoms with Crippen molar-refractivity contribution in [3.8, 4) is 11.4 Å². The lowest BCUT2D eigenvalue weighted by atomic mass is 10.1. The summed E-state index contributed by atoms with van der Waals surface area (Å²) in [5.41, 5.74) is 4.59. The third-order valence-corrected chi connectivity index (χ3v) is 2.32. The molecule has 0 fully saturated rings. The van der Waals surface area contributed by atoms with E-state index in [9.17, 15) is 0 Å². The van der Waals surface area contributed by atoms with Crippen LogP contribution in [0, 0.1) is 0 Å². The Morgan fingerprint density at radius 1 is 0.846 bits per heavy atom. The maximum atomic E-state index is 4.28. The van der Waals surface area contributed by atoms with Gasteiger partial charge in [0.25, 0.3) is 0 Å². The molecule has 3 rings (SSSR count). The van der Waals surface area contributed by atoms with Crippen LogP contribution in [0.1, 0.15) is 11.1 Å². The normalized spacial score (nSPS) is 12.3. The van der Waals surface area contributed by atoms with Crippen LogP contribution in [-0.4, -0.2) is 9.97 Å². The number of hydrogen-bond acceptors (Lipinski definition) is 2. The Morgan fingerprint density at radius 3 is 1.92 bits per heavy atom. The minimum absolute atomic E-state index is 0.983. The number of rotatable bonds is 0. The summed E-state index contributed by atoms with van der Waals surface area (Å²) in [6.07, 6.45) is 4.69. The fourth-order valence-electron chi connectivity index (χ4n) is 1.68. The van der Waals surface area contributed by atoms with E-state index in [1.807, 2.05) is 12.4 Å². The van der Waals surface area contributed by atoms with E-state index >= 15 is 0 Å². The first-order valence-corrected chi connectivity index (χ1v) is 4.32. The van der Waals surface area contributed by atoms with Crippen molar-refractivity contribution in [2.24, 2.45) is 0 Å². The Bertz CT molecular complexity index is 420. The summed E-state index contributed by atoms with van der Waals surface area (Å²) in [6.45, 7) is 0. The van der Waals surface area contributed by atoms with Crippen molar-refractivity contribution in [1.82, 2.24) is 9.97 Å². The second-order valence-electron chi connectivity index (χ2n) is 3.28. The Balaban J connectivity index is 2.36. The fourth-order valence-corrected chi connectivity index (χ4v) is 1.68. The molecule has 0 N–H and O–H groups in total. The van der Waals surface area contributed by atoms with Crippen molar-refractivity contribution < 1.29 is 0 Å². The van der Waals surface area contributed by atoms with Crippen LogP contribution in [0.15, 0.2) is 36.7 Å². The molecule has 0 saturated carbocycles. The Hall–Kier alpha value is -1.70. The summed E-state index contributed by atoms with van der Waals surface area (Å²) in [5.74, 6) is 0. The summed E-state index contributed by atoms with van der Waals surface area (Å²) in [7, 11) is 0. The molecule has 0 atom stereocenters. The molecular formula is C11H8N2. The zero-order chi connectivity index (χ0) is 8.67. The Kier molecular flexibility index (Phi) is 1.25. The molecule has 0 aromatic carbocycles. The van der Waals surface area contributed by atoms with Gasteiger partial charge in [-0.25, -0.2) is 0 Å². The van der Waals surface area contributed by atoms with Crippen molar-refractivity contribution in [3.05, 3.63) is 47.8 Å². The average Bonchev–Trinajstić information content (AvgIpc) is 2.25. The van der Waals surface area contributed by atoms with Crippen LogP contribution in [0.2, 0.25) is 0 Å². The van der Waals surface area contributed by atoms with Crippen LogP contribution in [0.25, 0.3) is 11.4 Å². The first-order valence-electron chi connectivity index (χ1n) is 4.32. The highest BCUT2D eigenvalue weighted by molar-refractivity contribution is 5.58. The average molecular weight is 168 g/mol. The third-order valence-electron chi connectivity index (χ3n) is 2.32. The summed E-state index contributed by atoms with van der Waals surface area (Å²) in [5, 5.41) is 0. The fraction of sp³-hybridized carbons (Fsp3) is 0.0909. The molecule has 1 aliphatic carbocycles. The molecule has 2 nitrogen and oxygen atoms in total. The second-order valence-corrected chi connectivity index (χ2v) is 3.28. The van der Waals surface area contributed by atoms with Gasteiger partial charge in [0, 0.05) is 12.4 Å². The lowest BCUT2D eigenvalue weighted by Crippen LogP contribution is -1.84. The first kappa shape index (κ1) is 6.78. The molecule has 0 unspecified atom stereocenters. The maximum Gasteiger partial charge on any atom is 0.0889 e. The number of hydrogen-bond donors (Lipinski definition) is 0.